The van der Waals surface area contributed by atoms with Gasteiger partial charge in [0.1, 0.15) is 20.5 Å². The van der Waals surface area contributed by atoms with E-state index in [2.05, 4.69) is 20.3 Å². The van der Waals surface area contributed by atoms with Gasteiger partial charge in [-0.25, -0.2) is 9.97 Å². The van der Waals surface area contributed by atoms with Crippen molar-refractivity contribution >= 4 is 43.6 Å². The summed E-state index contributed by atoms with van der Waals surface area (Å²) in [6.07, 6.45) is 3.86. The van der Waals surface area contributed by atoms with Crippen LogP contribution in [0.5, 0.6) is 0 Å². The standard InChI is InChI=1S/C16H14N4O3S2/c1-16(2)7-10-11(13(21)20-15(16)25(22)23)24-14(19-10)9-4-6-18-12-8(9)3-5-17-12/h3-6H,7H2,1-2H3,(H,17,18)(H,20,21). The molecule has 0 saturated heterocycles. The Kier molecular flexibility index (Phi) is 3.51. The third kappa shape index (κ3) is 2.56. The molecular weight excluding hydrogens is 360 g/mol. The zero-order valence-corrected chi connectivity index (χ0v) is 15.1. The van der Waals surface area contributed by atoms with Crippen molar-refractivity contribution in [1.29, 1.82) is 0 Å². The van der Waals surface area contributed by atoms with Crippen LogP contribution in [0.25, 0.3) is 21.6 Å². The largest absolute Gasteiger partial charge is 0.346 e. The van der Waals surface area contributed by atoms with Gasteiger partial charge in [-0.3, -0.25) is 4.79 Å². The van der Waals surface area contributed by atoms with Gasteiger partial charge in [-0.1, -0.05) is 13.8 Å². The van der Waals surface area contributed by atoms with Crippen LogP contribution in [-0.4, -0.2) is 34.3 Å². The molecule has 1 aliphatic rings. The number of hydrogen-bond acceptors (Lipinski definition) is 6. The number of aromatic amines is 1. The molecule has 1 aliphatic heterocycles. The maximum atomic E-state index is 12.5. The minimum atomic E-state index is -2.48. The van der Waals surface area contributed by atoms with E-state index in [0.717, 1.165) is 21.6 Å². The Morgan fingerprint density at radius 1 is 1.28 bits per heavy atom. The fourth-order valence-corrected chi connectivity index (χ4v) is 4.72. The first-order chi connectivity index (χ1) is 11.9. The van der Waals surface area contributed by atoms with Crippen molar-refractivity contribution in [2.75, 3.05) is 0 Å². The van der Waals surface area contributed by atoms with Crippen molar-refractivity contribution in [1.82, 2.24) is 20.3 Å². The van der Waals surface area contributed by atoms with Crippen molar-refractivity contribution in [3.63, 3.8) is 0 Å². The van der Waals surface area contributed by atoms with Gasteiger partial charge in [-0.05, 0) is 12.1 Å². The first-order valence-electron chi connectivity index (χ1n) is 7.57. The van der Waals surface area contributed by atoms with Crippen LogP contribution in [0.4, 0.5) is 0 Å². The molecule has 2 N–H and O–H groups in total. The van der Waals surface area contributed by atoms with Gasteiger partial charge in [0.2, 0.25) is 10.3 Å². The summed E-state index contributed by atoms with van der Waals surface area (Å²) in [6, 6.07) is 3.78. The molecule has 0 aromatic carbocycles. The lowest BCUT2D eigenvalue weighted by Gasteiger charge is -2.21. The molecule has 9 heteroatoms. The van der Waals surface area contributed by atoms with Gasteiger partial charge in [0, 0.05) is 35.2 Å². The van der Waals surface area contributed by atoms with Gasteiger partial charge in [0.25, 0.3) is 5.91 Å². The molecule has 0 atom stereocenters. The summed E-state index contributed by atoms with van der Waals surface area (Å²) >= 11 is 1.26. The van der Waals surface area contributed by atoms with Crippen molar-refractivity contribution in [2.24, 2.45) is 5.41 Å². The molecule has 128 valence electrons. The Labute approximate surface area is 148 Å². The number of nitrogens with one attached hydrogen (secondary N) is 2. The summed E-state index contributed by atoms with van der Waals surface area (Å²) in [5.74, 6) is -0.428. The molecule has 4 rings (SSSR count). The van der Waals surface area contributed by atoms with E-state index in [1.54, 1.807) is 26.2 Å². The molecule has 25 heavy (non-hydrogen) atoms. The van der Waals surface area contributed by atoms with Gasteiger partial charge in [-0.15, -0.1) is 11.3 Å². The van der Waals surface area contributed by atoms with Crippen molar-refractivity contribution in [3.05, 3.63) is 35.1 Å². The van der Waals surface area contributed by atoms with E-state index in [0.29, 0.717) is 17.0 Å². The summed E-state index contributed by atoms with van der Waals surface area (Å²) in [5, 5.41) is 4.19. The monoisotopic (exact) mass is 374 g/mol. The van der Waals surface area contributed by atoms with Crippen LogP contribution in [0.2, 0.25) is 0 Å². The number of pyridine rings is 1. The van der Waals surface area contributed by atoms with E-state index in [1.807, 2.05) is 12.1 Å². The first-order valence-corrected chi connectivity index (χ1v) is 9.46. The fraction of sp³-hybridized carbons (Fsp3) is 0.250. The Balaban J connectivity index is 1.88. The Bertz CT molecular complexity index is 1150. The lowest BCUT2D eigenvalue weighted by molar-refractivity contribution is 0.0980. The SMILES string of the molecule is CC1(C)Cc2nc(-c3ccnc4[nH]ccc34)sc2C(=O)NC1=S(=O)=O. The second-order valence-electron chi connectivity index (χ2n) is 6.47. The molecule has 0 aliphatic carbocycles. The maximum Gasteiger partial charge on any atom is 0.268 e. The highest BCUT2D eigenvalue weighted by Gasteiger charge is 2.36. The molecule has 0 radical (unpaired) electrons. The molecule has 3 aromatic heterocycles. The Morgan fingerprint density at radius 2 is 2.08 bits per heavy atom. The third-order valence-electron chi connectivity index (χ3n) is 4.21. The summed E-state index contributed by atoms with van der Waals surface area (Å²) in [4.78, 5) is 24.9. The van der Waals surface area contributed by atoms with Crippen LogP contribution < -0.4 is 5.32 Å². The van der Waals surface area contributed by atoms with E-state index in [-0.39, 0.29) is 4.99 Å². The van der Waals surface area contributed by atoms with Gasteiger partial charge in [0.15, 0.2) is 0 Å². The molecule has 3 aromatic rings. The van der Waals surface area contributed by atoms with E-state index in [9.17, 15) is 13.2 Å². The quantitative estimate of drug-likeness (QED) is 0.634. The van der Waals surface area contributed by atoms with E-state index in [1.165, 1.54) is 11.3 Å². The molecule has 7 nitrogen and oxygen atoms in total. The van der Waals surface area contributed by atoms with Crippen LogP contribution in [0.15, 0.2) is 24.5 Å². The highest BCUT2D eigenvalue weighted by Crippen LogP contribution is 2.36. The Hall–Kier alpha value is -2.52. The zero-order valence-electron chi connectivity index (χ0n) is 13.5. The average molecular weight is 374 g/mol. The minimum absolute atomic E-state index is 0.00110. The van der Waals surface area contributed by atoms with Gasteiger partial charge in [-0.2, -0.15) is 8.42 Å². The molecule has 0 saturated carbocycles. The number of amides is 1. The van der Waals surface area contributed by atoms with Crippen LogP contribution in [0.1, 0.15) is 29.2 Å². The minimum Gasteiger partial charge on any atom is -0.346 e. The summed E-state index contributed by atoms with van der Waals surface area (Å²) < 4.78 is 22.9. The lowest BCUT2D eigenvalue weighted by atomic mass is 9.88. The number of H-pyrrole nitrogens is 1. The first kappa shape index (κ1) is 16.0. The number of hydrogen-bond donors (Lipinski definition) is 2. The highest BCUT2D eigenvalue weighted by atomic mass is 32.2. The van der Waals surface area contributed by atoms with Crippen molar-refractivity contribution < 1.29 is 13.2 Å². The maximum absolute atomic E-state index is 12.5. The van der Waals surface area contributed by atoms with Crippen LogP contribution in [0.3, 0.4) is 0 Å². The normalized spacial score (nSPS) is 16.4. The number of thiazole rings is 1. The topological polar surface area (TPSA) is 105 Å². The van der Waals surface area contributed by atoms with Crippen LogP contribution >= 0.6 is 11.3 Å². The summed E-state index contributed by atoms with van der Waals surface area (Å²) in [7, 11) is -2.48. The second kappa shape index (κ2) is 5.50. The van der Waals surface area contributed by atoms with Crippen LogP contribution in [0, 0.1) is 5.41 Å². The summed E-state index contributed by atoms with van der Waals surface area (Å²) in [6.45, 7) is 3.56. The van der Waals surface area contributed by atoms with Crippen LogP contribution in [-0.2, 0) is 16.7 Å². The predicted molar refractivity (Wildman–Crippen MR) is 96.1 cm³/mol. The number of carbonyl (C=O) groups excluding carboxylic acids is 1. The molecule has 0 spiro atoms. The van der Waals surface area contributed by atoms with Gasteiger partial charge >= 0.3 is 0 Å². The fourth-order valence-electron chi connectivity index (χ4n) is 3.01. The second-order valence-corrected chi connectivity index (χ2v) is 8.35. The van der Waals surface area contributed by atoms with E-state index < -0.39 is 21.6 Å². The number of nitrogens with zero attached hydrogens (tertiary/aromatic N) is 2. The molecule has 0 bridgehead atoms. The number of carbonyl (C=O) groups is 1. The number of rotatable bonds is 1. The molecule has 4 heterocycles. The van der Waals surface area contributed by atoms with Crippen molar-refractivity contribution in [2.45, 2.75) is 20.3 Å². The van der Waals surface area contributed by atoms with Gasteiger partial charge in [0.05, 0.1) is 5.69 Å². The lowest BCUT2D eigenvalue weighted by Crippen LogP contribution is -2.39. The molecule has 1 amide bonds. The number of fused-ring (bicyclic) bond motifs is 2. The summed E-state index contributed by atoms with van der Waals surface area (Å²) in [5.41, 5.74) is 1.53. The van der Waals surface area contributed by atoms with E-state index in [4.69, 9.17) is 0 Å². The van der Waals surface area contributed by atoms with E-state index >= 15 is 0 Å². The predicted octanol–water partition coefficient (Wildman–Crippen LogP) is 2.01. The van der Waals surface area contributed by atoms with Crippen molar-refractivity contribution in [3.8, 4) is 10.6 Å². The number of aromatic nitrogens is 3. The van der Waals surface area contributed by atoms with Gasteiger partial charge < -0.3 is 10.3 Å². The third-order valence-corrected chi connectivity index (χ3v) is 6.33. The molecule has 0 unspecified atom stereocenters. The molecule has 0 fully saturated rings. The highest BCUT2D eigenvalue weighted by molar-refractivity contribution is 7.73. The average Bonchev–Trinajstić information content (AvgIpc) is 3.15. The zero-order chi connectivity index (χ0) is 17.8. The Morgan fingerprint density at radius 3 is 2.84 bits per heavy atom. The smallest absolute Gasteiger partial charge is 0.268 e. The molecular formula is C16H14N4O3S2.